The van der Waals surface area contributed by atoms with Gasteiger partial charge in [0.1, 0.15) is 6.54 Å². The number of carbonyl (C=O) groups is 1. The first kappa shape index (κ1) is 17.5. The van der Waals surface area contributed by atoms with E-state index in [1.807, 2.05) is 42.5 Å². The number of hydrogen-bond donors (Lipinski definition) is 3. The lowest BCUT2D eigenvalue weighted by Crippen LogP contribution is -2.25. The molecule has 2 aromatic carbocycles. The molecule has 1 atom stereocenters. The topological polar surface area (TPSA) is 79.5 Å². The summed E-state index contributed by atoms with van der Waals surface area (Å²) >= 11 is 0. The molecule has 1 unspecified atom stereocenters. The lowest BCUT2D eigenvalue weighted by molar-refractivity contribution is -0.114. The number of nitrogens with one attached hydrogen (secondary N) is 2. The number of guanidine groups is 1. The molecule has 0 aliphatic rings. The van der Waals surface area contributed by atoms with E-state index in [1.165, 1.54) is 5.56 Å². The van der Waals surface area contributed by atoms with Gasteiger partial charge in [0, 0.05) is 11.4 Å². The quantitative estimate of drug-likeness (QED) is 0.561. The third-order valence-electron chi connectivity index (χ3n) is 3.82. The standard InChI is InChI=1S/C19H24N4O/c1-3-14(2)15-9-11-17(12-10-15)23-19(20)21-13-18(24)22-16-7-5-4-6-8-16/h4-12,14H,3,13H2,1-2H3,(H,22,24)(H3,20,21,23). The highest BCUT2D eigenvalue weighted by Gasteiger charge is 2.04. The van der Waals surface area contributed by atoms with Gasteiger partial charge in [-0.1, -0.05) is 44.2 Å². The molecule has 0 spiro atoms. The van der Waals surface area contributed by atoms with E-state index in [4.69, 9.17) is 5.73 Å². The third-order valence-corrected chi connectivity index (χ3v) is 3.82. The molecule has 5 nitrogen and oxygen atoms in total. The molecule has 4 N–H and O–H groups in total. The number of rotatable bonds is 6. The Morgan fingerprint density at radius 1 is 1.04 bits per heavy atom. The summed E-state index contributed by atoms with van der Waals surface area (Å²) < 4.78 is 0. The van der Waals surface area contributed by atoms with Gasteiger partial charge in [0.2, 0.25) is 5.91 Å². The van der Waals surface area contributed by atoms with E-state index in [0.717, 1.165) is 17.8 Å². The molecule has 1 amide bonds. The summed E-state index contributed by atoms with van der Waals surface area (Å²) in [5, 5.41) is 5.75. The number of para-hydroxylation sites is 1. The molecule has 0 aromatic heterocycles. The molecular weight excluding hydrogens is 300 g/mol. The van der Waals surface area contributed by atoms with E-state index in [2.05, 4.69) is 41.6 Å². The van der Waals surface area contributed by atoms with Gasteiger partial charge in [0.25, 0.3) is 0 Å². The molecule has 2 aromatic rings. The van der Waals surface area contributed by atoms with Crippen LogP contribution in [-0.4, -0.2) is 18.4 Å². The van der Waals surface area contributed by atoms with Crippen molar-refractivity contribution in [2.45, 2.75) is 26.2 Å². The molecule has 2 rings (SSSR count). The Balaban J connectivity index is 1.86. The minimum Gasteiger partial charge on any atom is -0.370 e. The molecule has 0 aliphatic heterocycles. The van der Waals surface area contributed by atoms with Crippen LogP contribution >= 0.6 is 0 Å². The van der Waals surface area contributed by atoms with Crippen LogP contribution < -0.4 is 16.4 Å². The normalized spacial score (nSPS) is 12.5. The van der Waals surface area contributed by atoms with Crippen LogP contribution in [0.25, 0.3) is 0 Å². The predicted octanol–water partition coefficient (Wildman–Crippen LogP) is 3.57. The average Bonchev–Trinajstić information content (AvgIpc) is 2.61. The van der Waals surface area contributed by atoms with E-state index in [1.54, 1.807) is 0 Å². The molecule has 126 valence electrons. The molecule has 0 radical (unpaired) electrons. The highest BCUT2D eigenvalue weighted by molar-refractivity contribution is 5.97. The zero-order chi connectivity index (χ0) is 17.4. The van der Waals surface area contributed by atoms with Crippen molar-refractivity contribution < 1.29 is 4.79 Å². The summed E-state index contributed by atoms with van der Waals surface area (Å²) in [6, 6.07) is 17.3. The maximum atomic E-state index is 11.8. The van der Waals surface area contributed by atoms with Gasteiger partial charge in [-0.05, 0) is 42.2 Å². The Labute approximate surface area is 143 Å². The van der Waals surface area contributed by atoms with Crippen LogP contribution in [0.2, 0.25) is 0 Å². The highest BCUT2D eigenvalue weighted by atomic mass is 16.1. The van der Waals surface area contributed by atoms with Crippen LogP contribution in [-0.2, 0) is 4.79 Å². The maximum absolute atomic E-state index is 11.8. The van der Waals surface area contributed by atoms with Gasteiger partial charge in [0.15, 0.2) is 5.96 Å². The second-order valence-corrected chi connectivity index (χ2v) is 5.67. The second kappa shape index (κ2) is 8.72. The summed E-state index contributed by atoms with van der Waals surface area (Å²) in [7, 11) is 0. The van der Waals surface area contributed by atoms with E-state index < -0.39 is 0 Å². The van der Waals surface area contributed by atoms with Gasteiger partial charge < -0.3 is 16.4 Å². The SMILES string of the molecule is CCC(C)c1ccc(NC(N)=NCC(=O)Nc2ccccc2)cc1. The molecule has 0 aliphatic carbocycles. The van der Waals surface area contributed by atoms with Crippen molar-refractivity contribution in [2.75, 3.05) is 17.2 Å². The van der Waals surface area contributed by atoms with Gasteiger partial charge in [-0.3, -0.25) is 4.79 Å². The van der Waals surface area contributed by atoms with Crippen LogP contribution in [0, 0.1) is 0 Å². The van der Waals surface area contributed by atoms with Gasteiger partial charge in [0.05, 0.1) is 0 Å². The van der Waals surface area contributed by atoms with Gasteiger partial charge >= 0.3 is 0 Å². The summed E-state index contributed by atoms with van der Waals surface area (Å²) in [4.78, 5) is 15.9. The molecule has 5 heteroatoms. The molecule has 0 bridgehead atoms. The maximum Gasteiger partial charge on any atom is 0.246 e. The zero-order valence-corrected chi connectivity index (χ0v) is 14.1. The van der Waals surface area contributed by atoms with Gasteiger partial charge in [-0.15, -0.1) is 0 Å². The lowest BCUT2D eigenvalue weighted by atomic mass is 9.99. The van der Waals surface area contributed by atoms with E-state index in [9.17, 15) is 4.79 Å². The predicted molar refractivity (Wildman–Crippen MR) is 100 cm³/mol. The van der Waals surface area contributed by atoms with Crippen molar-refractivity contribution in [1.82, 2.24) is 0 Å². The first-order chi connectivity index (χ1) is 11.6. The third kappa shape index (κ3) is 5.43. The number of nitrogens with two attached hydrogens (primary N) is 1. The van der Waals surface area contributed by atoms with E-state index in [-0.39, 0.29) is 18.4 Å². The molecule has 0 saturated heterocycles. The number of carbonyl (C=O) groups excluding carboxylic acids is 1. The number of amides is 1. The second-order valence-electron chi connectivity index (χ2n) is 5.67. The Bertz CT molecular complexity index is 680. The largest absolute Gasteiger partial charge is 0.370 e. The molecule has 24 heavy (non-hydrogen) atoms. The van der Waals surface area contributed by atoms with Crippen molar-refractivity contribution in [1.29, 1.82) is 0 Å². The Morgan fingerprint density at radius 2 is 1.67 bits per heavy atom. The number of aliphatic imine (C=N–C) groups is 1. The van der Waals surface area contributed by atoms with Crippen molar-refractivity contribution in [3.63, 3.8) is 0 Å². The average molecular weight is 324 g/mol. The fraction of sp³-hybridized carbons (Fsp3) is 0.263. The summed E-state index contributed by atoms with van der Waals surface area (Å²) in [6.07, 6.45) is 1.10. The molecular formula is C19H24N4O. The fourth-order valence-electron chi connectivity index (χ4n) is 2.20. The summed E-state index contributed by atoms with van der Waals surface area (Å²) in [5.74, 6) is 0.541. The van der Waals surface area contributed by atoms with E-state index >= 15 is 0 Å². The highest BCUT2D eigenvalue weighted by Crippen LogP contribution is 2.20. The minimum absolute atomic E-state index is 0.0291. The van der Waals surface area contributed by atoms with Crippen molar-refractivity contribution >= 4 is 23.2 Å². The smallest absolute Gasteiger partial charge is 0.246 e. The zero-order valence-electron chi connectivity index (χ0n) is 14.1. The van der Waals surface area contributed by atoms with Crippen molar-refractivity contribution in [2.24, 2.45) is 10.7 Å². The molecule has 0 heterocycles. The number of hydrogen-bond acceptors (Lipinski definition) is 2. The monoisotopic (exact) mass is 324 g/mol. The van der Waals surface area contributed by atoms with Crippen LogP contribution in [0.1, 0.15) is 31.7 Å². The van der Waals surface area contributed by atoms with Crippen LogP contribution in [0.15, 0.2) is 59.6 Å². The Hall–Kier alpha value is -2.82. The molecule has 0 saturated carbocycles. The summed E-state index contributed by atoms with van der Waals surface area (Å²) in [6.45, 7) is 4.34. The van der Waals surface area contributed by atoms with Crippen LogP contribution in [0.3, 0.4) is 0 Å². The molecule has 0 fully saturated rings. The Morgan fingerprint density at radius 3 is 2.29 bits per heavy atom. The van der Waals surface area contributed by atoms with Crippen LogP contribution in [0.4, 0.5) is 11.4 Å². The van der Waals surface area contributed by atoms with Gasteiger partial charge in [-0.25, -0.2) is 4.99 Å². The summed E-state index contributed by atoms with van der Waals surface area (Å²) in [5.41, 5.74) is 8.72. The van der Waals surface area contributed by atoms with Crippen molar-refractivity contribution in [3.8, 4) is 0 Å². The lowest BCUT2D eigenvalue weighted by Gasteiger charge is -2.10. The van der Waals surface area contributed by atoms with E-state index in [0.29, 0.717) is 5.92 Å². The first-order valence-corrected chi connectivity index (χ1v) is 8.10. The Kier molecular flexibility index (Phi) is 6.37. The van der Waals surface area contributed by atoms with Gasteiger partial charge in [-0.2, -0.15) is 0 Å². The number of anilines is 2. The van der Waals surface area contributed by atoms with Crippen LogP contribution in [0.5, 0.6) is 0 Å². The number of nitrogens with zero attached hydrogens (tertiary/aromatic N) is 1. The van der Waals surface area contributed by atoms with Crippen molar-refractivity contribution in [3.05, 3.63) is 60.2 Å². The minimum atomic E-state index is -0.210. The first-order valence-electron chi connectivity index (χ1n) is 8.10. The fourth-order valence-corrected chi connectivity index (χ4v) is 2.20. The number of benzene rings is 2.